The minimum Gasteiger partial charge on any atom is -0.457 e. The standard InChI is InChI=1S/C16H20N4O2/c1-4-5-6-11(8-17)7-12-14(16(12,2)3)15(21)22-9-13-18-10-19-20-13/h5-7,10,12,14H,4,9H2,1-3H3,(H,18,19,20)/b6-5+,11-7-/t12-,14+/m1/s1. The van der Waals surface area contributed by atoms with Crippen LogP contribution in [0.3, 0.4) is 0 Å². The number of rotatable bonds is 6. The number of H-pyrrole nitrogens is 1. The first kappa shape index (κ1) is 16.0. The van der Waals surface area contributed by atoms with Gasteiger partial charge in [0.2, 0.25) is 0 Å². The van der Waals surface area contributed by atoms with Crippen LogP contribution < -0.4 is 0 Å². The van der Waals surface area contributed by atoms with Crippen LogP contribution in [0.2, 0.25) is 0 Å². The third-order valence-corrected chi connectivity index (χ3v) is 4.00. The van der Waals surface area contributed by atoms with Crippen LogP contribution in [0.1, 0.15) is 33.0 Å². The molecule has 0 bridgehead atoms. The molecule has 1 N–H and O–H groups in total. The number of nitrogens with one attached hydrogen (secondary N) is 1. The van der Waals surface area contributed by atoms with Gasteiger partial charge < -0.3 is 4.74 Å². The molecule has 0 aromatic carbocycles. The topological polar surface area (TPSA) is 91.7 Å². The molecule has 6 heteroatoms. The Hall–Kier alpha value is -2.42. The first-order chi connectivity index (χ1) is 10.5. The second kappa shape index (κ2) is 6.56. The Balaban J connectivity index is 1.99. The first-order valence-corrected chi connectivity index (χ1v) is 7.30. The Bertz CT molecular complexity index is 623. The van der Waals surface area contributed by atoms with Gasteiger partial charge in [-0.15, -0.1) is 0 Å². The Kier molecular flexibility index (Phi) is 4.76. The predicted molar refractivity (Wildman–Crippen MR) is 80.1 cm³/mol. The number of nitriles is 1. The SMILES string of the molecule is CC/C=C/C(C#N)=C/[C@@H]1[C@@H](C(=O)OCc2ncn[nH]2)C1(C)C. The molecule has 1 fully saturated rings. The molecular formula is C16H20N4O2. The predicted octanol–water partition coefficient (Wildman–Crippen LogP) is 2.54. The minimum absolute atomic E-state index is 0.0193. The fourth-order valence-electron chi connectivity index (χ4n) is 2.54. The third-order valence-electron chi connectivity index (χ3n) is 4.00. The highest BCUT2D eigenvalue weighted by Gasteiger charge is 2.61. The molecule has 1 aliphatic rings. The van der Waals surface area contributed by atoms with E-state index >= 15 is 0 Å². The second-order valence-electron chi connectivity index (χ2n) is 5.91. The molecule has 2 atom stereocenters. The fourth-order valence-corrected chi connectivity index (χ4v) is 2.54. The van der Waals surface area contributed by atoms with Crippen LogP contribution in [0.25, 0.3) is 0 Å². The molecule has 0 saturated heterocycles. The Morgan fingerprint density at radius 2 is 2.36 bits per heavy atom. The quantitative estimate of drug-likeness (QED) is 0.495. The third kappa shape index (κ3) is 3.42. The molecule has 1 aromatic heterocycles. The lowest BCUT2D eigenvalue weighted by atomic mass is 10.1. The van der Waals surface area contributed by atoms with E-state index in [0.29, 0.717) is 11.4 Å². The largest absolute Gasteiger partial charge is 0.457 e. The van der Waals surface area contributed by atoms with Gasteiger partial charge in [0.1, 0.15) is 6.33 Å². The van der Waals surface area contributed by atoms with Crippen LogP contribution in [0.5, 0.6) is 0 Å². The molecule has 0 radical (unpaired) electrons. The maximum Gasteiger partial charge on any atom is 0.310 e. The number of aromatic amines is 1. The second-order valence-corrected chi connectivity index (χ2v) is 5.91. The minimum atomic E-state index is -0.264. The highest BCUT2D eigenvalue weighted by atomic mass is 16.5. The van der Waals surface area contributed by atoms with Gasteiger partial charge in [-0.2, -0.15) is 10.4 Å². The zero-order chi connectivity index (χ0) is 16.2. The van der Waals surface area contributed by atoms with E-state index in [2.05, 4.69) is 21.3 Å². The van der Waals surface area contributed by atoms with Crippen molar-refractivity contribution in [2.24, 2.45) is 17.3 Å². The number of carbonyl (C=O) groups excluding carboxylic acids is 1. The van der Waals surface area contributed by atoms with Gasteiger partial charge in [0.05, 0.1) is 12.0 Å². The van der Waals surface area contributed by atoms with Crippen molar-refractivity contribution in [1.29, 1.82) is 5.26 Å². The zero-order valence-corrected chi connectivity index (χ0v) is 13.0. The van der Waals surface area contributed by atoms with Gasteiger partial charge in [-0.05, 0) is 23.8 Å². The number of allylic oxidation sites excluding steroid dienone is 4. The average Bonchev–Trinajstić information content (AvgIpc) is 2.85. The zero-order valence-electron chi connectivity index (χ0n) is 13.0. The average molecular weight is 300 g/mol. The monoisotopic (exact) mass is 300 g/mol. The summed E-state index contributed by atoms with van der Waals surface area (Å²) in [5.74, 6) is 0.0431. The van der Waals surface area contributed by atoms with Crippen molar-refractivity contribution in [1.82, 2.24) is 15.2 Å². The molecular weight excluding hydrogens is 280 g/mol. The van der Waals surface area contributed by atoms with Crippen molar-refractivity contribution < 1.29 is 9.53 Å². The van der Waals surface area contributed by atoms with Crippen molar-refractivity contribution in [3.8, 4) is 6.07 Å². The molecule has 2 rings (SSSR count). The summed E-state index contributed by atoms with van der Waals surface area (Å²) in [5.41, 5.74) is 0.395. The summed E-state index contributed by atoms with van der Waals surface area (Å²) in [6.45, 7) is 6.11. The first-order valence-electron chi connectivity index (χ1n) is 7.30. The number of aromatic nitrogens is 3. The fraction of sp³-hybridized carbons (Fsp3) is 0.500. The molecule has 1 saturated carbocycles. The van der Waals surface area contributed by atoms with E-state index in [1.54, 1.807) is 6.08 Å². The van der Waals surface area contributed by atoms with Gasteiger partial charge in [0.25, 0.3) is 0 Å². The highest BCUT2D eigenvalue weighted by molar-refractivity contribution is 5.78. The Labute approximate surface area is 129 Å². The van der Waals surface area contributed by atoms with E-state index in [-0.39, 0.29) is 29.8 Å². The molecule has 0 spiro atoms. The summed E-state index contributed by atoms with van der Waals surface area (Å²) < 4.78 is 5.27. The van der Waals surface area contributed by atoms with E-state index in [1.165, 1.54) is 6.33 Å². The number of hydrogen-bond donors (Lipinski definition) is 1. The molecule has 1 heterocycles. The summed E-state index contributed by atoms with van der Waals surface area (Å²) in [5, 5.41) is 15.5. The van der Waals surface area contributed by atoms with E-state index in [4.69, 9.17) is 10.00 Å². The Morgan fingerprint density at radius 3 is 2.95 bits per heavy atom. The van der Waals surface area contributed by atoms with Crippen LogP contribution in [-0.2, 0) is 16.1 Å². The molecule has 22 heavy (non-hydrogen) atoms. The molecule has 0 amide bonds. The van der Waals surface area contributed by atoms with Gasteiger partial charge in [0.15, 0.2) is 12.4 Å². The van der Waals surface area contributed by atoms with Crippen molar-refractivity contribution in [2.45, 2.75) is 33.8 Å². The van der Waals surface area contributed by atoms with Gasteiger partial charge in [-0.1, -0.05) is 32.9 Å². The smallest absolute Gasteiger partial charge is 0.310 e. The van der Waals surface area contributed by atoms with Crippen LogP contribution in [-0.4, -0.2) is 21.2 Å². The van der Waals surface area contributed by atoms with Gasteiger partial charge in [-0.25, -0.2) is 4.98 Å². The number of ether oxygens (including phenoxy) is 1. The van der Waals surface area contributed by atoms with E-state index in [0.717, 1.165) is 6.42 Å². The van der Waals surface area contributed by atoms with E-state index in [1.807, 2.05) is 32.9 Å². The van der Waals surface area contributed by atoms with Gasteiger partial charge >= 0.3 is 5.97 Å². The summed E-state index contributed by atoms with van der Waals surface area (Å²) in [7, 11) is 0. The maximum atomic E-state index is 12.2. The lowest BCUT2D eigenvalue weighted by molar-refractivity contribution is -0.147. The van der Waals surface area contributed by atoms with Gasteiger partial charge in [0, 0.05) is 5.57 Å². The molecule has 116 valence electrons. The number of carbonyl (C=O) groups is 1. The molecule has 6 nitrogen and oxygen atoms in total. The summed E-state index contributed by atoms with van der Waals surface area (Å²) in [6, 6.07) is 2.16. The summed E-state index contributed by atoms with van der Waals surface area (Å²) in [4.78, 5) is 16.1. The summed E-state index contributed by atoms with van der Waals surface area (Å²) >= 11 is 0. The molecule has 1 aliphatic carbocycles. The van der Waals surface area contributed by atoms with Gasteiger partial charge in [-0.3, -0.25) is 9.89 Å². The lowest BCUT2D eigenvalue weighted by Crippen LogP contribution is -2.11. The number of esters is 1. The molecule has 0 aliphatic heterocycles. The maximum absolute atomic E-state index is 12.2. The highest BCUT2D eigenvalue weighted by Crippen LogP contribution is 2.59. The molecule has 0 unspecified atom stereocenters. The summed E-state index contributed by atoms with van der Waals surface area (Å²) in [6.07, 6.45) is 7.84. The van der Waals surface area contributed by atoms with E-state index in [9.17, 15) is 4.79 Å². The molecule has 1 aromatic rings. The van der Waals surface area contributed by atoms with Crippen molar-refractivity contribution in [3.05, 3.63) is 36.0 Å². The lowest BCUT2D eigenvalue weighted by Gasteiger charge is -2.03. The van der Waals surface area contributed by atoms with Crippen molar-refractivity contribution in [2.75, 3.05) is 0 Å². The van der Waals surface area contributed by atoms with Crippen LogP contribution in [0, 0.1) is 28.6 Å². The van der Waals surface area contributed by atoms with Crippen molar-refractivity contribution >= 4 is 5.97 Å². The van der Waals surface area contributed by atoms with Crippen LogP contribution in [0.15, 0.2) is 30.1 Å². The number of nitrogens with zero attached hydrogens (tertiary/aromatic N) is 3. The Morgan fingerprint density at radius 1 is 1.59 bits per heavy atom. The normalized spacial score (nSPS) is 23.3. The van der Waals surface area contributed by atoms with Crippen LogP contribution >= 0.6 is 0 Å². The van der Waals surface area contributed by atoms with Crippen LogP contribution in [0.4, 0.5) is 0 Å². The number of hydrogen-bond acceptors (Lipinski definition) is 5. The van der Waals surface area contributed by atoms with E-state index < -0.39 is 0 Å². The van der Waals surface area contributed by atoms with Crippen molar-refractivity contribution in [3.63, 3.8) is 0 Å².